The summed E-state index contributed by atoms with van der Waals surface area (Å²) in [6, 6.07) is 9.62. The lowest BCUT2D eigenvalue weighted by atomic mass is 10.0. The van der Waals surface area contributed by atoms with Gasteiger partial charge in [0.15, 0.2) is 0 Å². The lowest BCUT2D eigenvalue weighted by molar-refractivity contribution is -0.123. The molecule has 1 rings (SSSR count). The van der Waals surface area contributed by atoms with Crippen molar-refractivity contribution in [2.45, 2.75) is 38.8 Å². The molecule has 1 amide bonds. The van der Waals surface area contributed by atoms with Gasteiger partial charge in [-0.1, -0.05) is 44.2 Å². The van der Waals surface area contributed by atoms with E-state index in [0.29, 0.717) is 6.42 Å². The van der Waals surface area contributed by atoms with Crippen LogP contribution >= 0.6 is 0 Å². The van der Waals surface area contributed by atoms with Crippen molar-refractivity contribution in [2.75, 3.05) is 0 Å². The molecule has 0 heterocycles. The zero-order valence-corrected chi connectivity index (χ0v) is 9.94. The van der Waals surface area contributed by atoms with Gasteiger partial charge in [0.1, 0.15) is 0 Å². The van der Waals surface area contributed by atoms with Gasteiger partial charge in [-0.05, 0) is 18.4 Å². The van der Waals surface area contributed by atoms with Gasteiger partial charge in [0.05, 0.1) is 12.1 Å². The molecular weight excluding hydrogens is 200 g/mol. The maximum absolute atomic E-state index is 11.7. The topological polar surface area (TPSA) is 55.1 Å². The summed E-state index contributed by atoms with van der Waals surface area (Å²) in [5.41, 5.74) is 6.81. The van der Waals surface area contributed by atoms with Gasteiger partial charge in [0, 0.05) is 0 Å². The van der Waals surface area contributed by atoms with E-state index in [2.05, 4.69) is 12.2 Å². The van der Waals surface area contributed by atoms with Crippen LogP contribution in [0.5, 0.6) is 0 Å². The molecule has 0 bridgehead atoms. The first-order chi connectivity index (χ1) is 7.69. The Morgan fingerprint density at radius 2 is 1.88 bits per heavy atom. The van der Waals surface area contributed by atoms with Crippen LogP contribution in [0.2, 0.25) is 0 Å². The van der Waals surface area contributed by atoms with E-state index in [-0.39, 0.29) is 11.9 Å². The van der Waals surface area contributed by atoms with Gasteiger partial charge in [0.2, 0.25) is 5.91 Å². The molecule has 2 atom stereocenters. The normalized spacial score (nSPS) is 14.2. The van der Waals surface area contributed by atoms with Gasteiger partial charge >= 0.3 is 0 Å². The third-order valence-electron chi connectivity index (χ3n) is 2.70. The van der Waals surface area contributed by atoms with Crippen LogP contribution in [-0.4, -0.2) is 11.9 Å². The van der Waals surface area contributed by atoms with Crippen LogP contribution in [0.25, 0.3) is 0 Å². The molecule has 3 N–H and O–H groups in total. The van der Waals surface area contributed by atoms with Gasteiger partial charge in [-0.25, -0.2) is 0 Å². The molecule has 0 saturated carbocycles. The highest BCUT2D eigenvalue weighted by Crippen LogP contribution is 2.15. The number of carbonyl (C=O) groups is 1. The SMILES string of the molecule is CCC(N)C(=O)NC(CC)c1ccccc1. The molecule has 88 valence electrons. The number of rotatable bonds is 5. The summed E-state index contributed by atoms with van der Waals surface area (Å²) in [6.07, 6.45) is 1.53. The second-order valence-electron chi connectivity index (χ2n) is 3.89. The molecular formula is C13H20N2O. The molecule has 16 heavy (non-hydrogen) atoms. The number of nitrogens with two attached hydrogens (primary N) is 1. The van der Waals surface area contributed by atoms with Crippen molar-refractivity contribution in [2.24, 2.45) is 5.73 Å². The quantitative estimate of drug-likeness (QED) is 0.797. The highest BCUT2D eigenvalue weighted by atomic mass is 16.2. The standard InChI is InChI=1S/C13H20N2O/c1-3-11(14)13(16)15-12(4-2)10-8-6-5-7-9-10/h5-9,11-12H,3-4,14H2,1-2H3,(H,15,16). The third kappa shape index (κ3) is 3.35. The van der Waals surface area contributed by atoms with Crippen LogP contribution in [0.4, 0.5) is 0 Å². The maximum Gasteiger partial charge on any atom is 0.237 e. The fraction of sp³-hybridized carbons (Fsp3) is 0.462. The highest BCUT2D eigenvalue weighted by molar-refractivity contribution is 5.81. The first-order valence-corrected chi connectivity index (χ1v) is 5.79. The minimum absolute atomic E-state index is 0.0614. The Morgan fingerprint density at radius 1 is 1.25 bits per heavy atom. The summed E-state index contributed by atoms with van der Waals surface area (Å²) in [4.78, 5) is 11.7. The number of amides is 1. The molecule has 3 nitrogen and oxygen atoms in total. The molecule has 0 saturated heterocycles. The molecule has 0 aromatic heterocycles. The van der Waals surface area contributed by atoms with Crippen LogP contribution in [0.15, 0.2) is 30.3 Å². The Balaban J connectivity index is 2.66. The average molecular weight is 220 g/mol. The number of carbonyl (C=O) groups excluding carboxylic acids is 1. The molecule has 0 fully saturated rings. The van der Waals surface area contributed by atoms with E-state index in [9.17, 15) is 4.79 Å². The van der Waals surface area contributed by atoms with Gasteiger partial charge in [-0.3, -0.25) is 4.79 Å². The summed E-state index contributed by atoms with van der Waals surface area (Å²) in [5, 5.41) is 2.97. The van der Waals surface area contributed by atoms with Gasteiger partial charge in [-0.15, -0.1) is 0 Å². The molecule has 2 unspecified atom stereocenters. The van der Waals surface area contributed by atoms with Crippen LogP contribution in [0, 0.1) is 0 Å². The van der Waals surface area contributed by atoms with E-state index < -0.39 is 6.04 Å². The van der Waals surface area contributed by atoms with Crippen LogP contribution in [0.3, 0.4) is 0 Å². The monoisotopic (exact) mass is 220 g/mol. The predicted octanol–water partition coefficient (Wildman–Crippen LogP) is 1.99. The van der Waals surface area contributed by atoms with E-state index in [1.54, 1.807) is 0 Å². The molecule has 0 radical (unpaired) electrons. The van der Waals surface area contributed by atoms with Crippen LogP contribution < -0.4 is 11.1 Å². The zero-order valence-electron chi connectivity index (χ0n) is 9.94. The average Bonchev–Trinajstić information content (AvgIpc) is 2.35. The Labute approximate surface area is 97.0 Å². The van der Waals surface area contributed by atoms with Gasteiger partial charge < -0.3 is 11.1 Å². The van der Waals surface area contributed by atoms with Gasteiger partial charge in [0.25, 0.3) is 0 Å². The van der Waals surface area contributed by atoms with E-state index in [4.69, 9.17) is 5.73 Å². The largest absolute Gasteiger partial charge is 0.348 e. The van der Waals surface area contributed by atoms with Crippen molar-refractivity contribution < 1.29 is 4.79 Å². The number of nitrogens with one attached hydrogen (secondary N) is 1. The Morgan fingerprint density at radius 3 is 2.38 bits per heavy atom. The summed E-state index contributed by atoms with van der Waals surface area (Å²) >= 11 is 0. The third-order valence-corrected chi connectivity index (χ3v) is 2.70. The summed E-state index contributed by atoms with van der Waals surface area (Å²) in [7, 11) is 0. The number of benzene rings is 1. The lowest BCUT2D eigenvalue weighted by Gasteiger charge is -2.19. The van der Waals surface area contributed by atoms with E-state index >= 15 is 0 Å². The zero-order chi connectivity index (χ0) is 12.0. The van der Waals surface area contributed by atoms with E-state index in [1.807, 2.05) is 37.3 Å². The maximum atomic E-state index is 11.7. The summed E-state index contributed by atoms with van der Waals surface area (Å²) < 4.78 is 0. The van der Waals surface area contributed by atoms with Crippen LogP contribution in [-0.2, 0) is 4.79 Å². The summed E-state index contributed by atoms with van der Waals surface area (Å²) in [5.74, 6) is -0.0711. The van der Waals surface area contributed by atoms with E-state index in [0.717, 1.165) is 12.0 Å². The second-order valence-corrected chi connectivity index (χ2v) is 3.89. The molecule has 0 spiro atoms. The summed E-state index contributed by atoms with van der Waals surface area (Å²) in [6.45, 7) is 3.96. The minimum atomic E-state index is -0.405. The molecule has 3 heteroatoms. The molecule has 0 aliphatic heterocycles. The Kier molecular flexibility index (Phi) is 4.99. The van der Waals surface area contributed by atoms with Crippen molar-refractivity contribution in [1.82, 2.24) is 5.32 Å². The van der Waals surface area contributed by atoms with E-state index in [1.165, 1.54) is 0 Å². The highest BCUT2D eigenvalue weighted by Gasteiger charge is 2.16. The van der Waals surface area contributed by atoms with Crippen LogP contribution in [0.1, 0.15) is 38.3 Å². The van der Waals surface area contributed by atoms with Crippen molar-refractivity contribution in [3.05, 3.63) is 35.9 Å². The van der Waals surface area contributed by atoms with Crippen molar-refractivity contribution in [3.8, 4) is 0 Å². The number of hydrogen-bond donors (Lipinski definition) is 2. The molecule has 0 aliphatic carbocycles. The fourth-order valence-electron chi connectivity index (χ4n) is 1.57. The Bertz CT molecular complexity index is 324. The molecule has 1 aromatic carbocycles. The van der Waals surface area contributed by atoms with Crippen molar-refractivity contribution in [1.29, 1.82) is 0 Å². The van der Waals surface area contributed by atoms with Crippen molar-refractivity contribution >= 4 is 5.91 Å². The minimum Gasteiger partial charge on any atom is -0.348 e. The fourth-order valence-corrected chi connectivity index (χ4v) is 1.57. The van der Waals surface area contributed by atoms with Gasteiger partial charge in [-0.2, -0.15) is 0 Å². The molecule has 1 aromatic rings. The molecule has 0 aliphatic rings. The number of hydrogen-bond acceptors (Lipinski definition) is 2. The first kappa shape index (κ1) is 12.7. The first-order valence-electron chi connectivity index (χ1n) is 5.79. The van der Waals surface area contributed by atoms with Crippen molar-refractivity contribution in [3.63, 3.8) is 0 Å². The second kappa shape index (κ2) is 6.28. The lowest BCUT2D eigenvalue weighted by Crippen LogP contribution is -2.41. The Hall–Kier alpha value is -1.35. The smallest absolute Gasteiger partial charge is 0.237 e. The predicted molar refractivity (Wildman–Crippen MR) is 65.9 cm³/mol.